The van der Waals surface area contributed by atoms with Crippen LogP contribution in [0.4, 0.5) is 0 Å². The van der Waals surface area contributed by atoms with Crippen LogP contribution in [0, 0.1) is 15.9 Å². The molecule has 0 saturated carbocycles. The van der Waals surface area contributed by atoms with Crippen LogP contribution in [-0.4, -0.2) is 18.7 Å². The number of aryl methyl sites for hydroxylation is 1. The van der Waals surface area contributed by atoms with E-state index in [2.05, 4.69) is 259 Å². The fourth-order valence-corrected chi connectivity index (χ4v) is 11.6. The third kappa shape index (κ3) is 8.20. The molecule has 0 N–H and O–H groups in total. The van der Waals surface area contributed by atoms with Gasteiger partial charge in [-0.3, -0.25) is 0 Å². The Balaban J connectivity index is 1.06. The van der Waals surface area contributed by atoms with Crippen molar-refractivity contribution in [2.45, 2.75) is 104 Å². The molecule has 1 atom stereocenters. The minimum absolute atomic E-state index is 0.000867. The molecule has 0 spiro atoms. The Bertz CT molecular complexity index is 3620. The van der Waals surface area contributed by atoms with E-state index in [1.54, 1.807) is 0 Å². The van der Waals surface area contributed by atoms with Crippen LogP contribution in [0.15, 0.2) is 158 Å². The third-order valence-electron chi connectivity index (χ3n) is 14.3. The average molecular weight is 1100 g/mol. The summed E-state index contributed by atoms with van der Waals surface area (Å²) in [5.41, 5.74) is 16.6. The van der Waals surface area contributed by atoms with Gasteiger partial charge in [-0.2, -0.15) is 0 Å². The summed E-state index contributed by atoms with van der Waals surface area (Å²) in [6, 6.07) is 63.0. The smallest absolute Gasteiger partial charge is 0.0608 e. The van der Waals surface area contributed by atoms with Crippen LogP contribution in [0.3, 0.4) is 0 Å². The van der Waals surface area contributed by atoms with Crippen molar-refractivity contribution in [3.05, 3.63) is 202 Å². The van der Waals surface area contributed by atoms with Crippen molar-refractivity contribution >= 4 is 32.8 Å². The maximum absolute atomic E-state index is 6.88. The van der Waals surface area contributed by atoms with Crippen molar-refractivity contribution in [2.24, 2.45) is 0 Å². The molecule has 354 valence electrons. The summed E-state index contributed by atoms with van der Waals surface area (Å²) in [7, 11) is 0. The van der Waals surface area contributed by atoms with Crippen LogP contribution in [-0.2, 0) is 42.0 Å². The van der Waals surface area contributed by atoms with Gasteiger partial charge in [-0.25, -0.2) is 4.98 Å². The molecule has 1 unspecified atom stereocenters. The van der Waals surface area contributed by atoms with Crippen molar-refractivity contribution in [1.82, 2.24) is 18.7 Å². The number of pyridine rings is 1. The average Bonchev–Trinajstić information content (AvgIpc) is 3.83. The number of hydrogen-bond acceptors (Lipinski definition) is 2. The predicted octanol–water partition coefficient (Wildman–Crippen LogP) is 16.5. The number of hydrogen-bond donors (Lipinski definition) is 0. The second-order valence-electron chi connectivity index (χ2n) is 22.2. The molecule has 0 radical (unpaired) electrons. The van der Waals surface area contributed by atoms with Crippen molar-refractivity contribution in [1.29, 1.82) is 0 Å². The predicted molar refractivity (Wildman–Crippen MR) is 285 cm³/mol. The normalized spacial score (nSPS) is 14.4. The van der Waals surface area contributed by atoms with E-state index in [1.165, 1.54) is 72.2 Å². The second kappa shape index (κ2) is 17.4. The van der Waals surface area contributed by atoms with Crippen molar-refractivity contribution < 1.29 is 24.1 Å². The van der Waals surface area contributed by atoms with Gasteiger partial charge in [-0.15, -0.1) is 0 Å². The molecule has 0 saturated heterocycles. The number of fused-ring (bicyclic) bond motifs is 5. The molecule has 3 heterocycles. The van der Waals surface area contributed by atoms with Crippen LogP contribution in [0.1, 0.15) is 109 Å². The standard InChI is InChI=1S/C64H60N4O.Pt/c1-62(2,3)45-28-32-56-54(35-45)50-31-30-49(40-59(50)68(56)60-38-46(33-34-65-60)63(4,5)6)69-48-29-27-44-23-18-26-55(51(44)39-48)66-41-67(58-25-17-16-24-57(58)66)61-52(42-19-12-10-13-20-42)36-47(64(7,8)9)37-53(61)43-21-14-11-15-22-43;/h10-17,19-22,24-25,27-38,55H,18,23,26H2,1-9H3;/q-2;. The summed E-state index contributed by atoms with van der Waals surface area (Å²) in [5, 5.41) is 2.30. The molecule has 0 amide bonds. The summed E-state index contributed by atoms with van der Waals surface area (Å²) >= 11 is 2.60. The van der Waals surface area contributed by atoms with Crippen molar-refractivity contribution in [3.63, 3.8) is 0 Å². The van der Waals surface area contributed by atoms with Gasteiger partial charge >= 0.3 is 321 Å². The zero-order valence-electron chi connectivity index (χ0n) is 41.7. The number of aromatic nitrogens is 4. The van der Waals surface area contributed by atoms with E-state index < -0.39 is 0 Å². The van der Waals surface area contributed by atoms with Crippen LogP contribution in [0.2, 0.25) is 0 Å². The van der Waals surface area contributed by atoms with Gasteiger partial charge in [0, 0.05) is 6.20 Å². The van der Waals surface area contributed by atoms with Crippen LogP contribution in [0.5, 0.6) is 11.5 Å². The molecule has 70 heavy (non-hydrogen) atoms. The number of ether oxygens (including phenoxy) is 1. The second-order valence-corrected chi connectivity index (χ2v) is 23.2. The zero-order valence-corrected chi connectivity index (χ0v) is 44.0. The van der Waals surface area contributed by atoms with Gasteiger partial charge in [0.1, 0.15) is 0 Å². The Morgan fingerprint density at radius 2 is 1.16 bits per heavy atom. The number of nitrogens with zero attached hydrogens (tertiary/aromatic N) is 4. The first-order valence-electron chi connectivity index (χ1n) is 24.7. The van der Waals surface area contributed by atoms with E-state index >= 15 is 0 Å². The number of rotatable bonds is 7. The maximum atomic E-state index is 6.88. The first-order chi connectivity index (χ1) is 33.5. The number of para-hydroxylation sites is 2. The summed E-state index contributed by atoms with van der Waals surface area (Å²) in [6.45, 7) is 20.5. The van der Waals surface area contributed by atoms with E-state index in [0.717, 1.165) is 45.3 Å². The molecule has 7 aromatic carbocycles. The third-order valence-corrected chi connectivity index (χ3v) is 15.3. The van der Waals surface area contributed by atoms with Gasteiger partial charge in [0.15, 0.2) is 0 Å². The van der Waals surface area contributed by atoms with Gasteiger partial charge in [-0.05, 0) is 40.2 Å². The quantitative estimate of drug-likeness (QED) is 0.149. The van der Waals surface area contributed by atoms with E-state index in [9.17, 15) is 0 Å². The fourth-order valence-electron chi connectivity index (χ4n) is 10.4. The van der Waals surface area contributed by atoms with E-state index in [1.807, 2.05) is 6.20 Å². The Morgan fingerprint density at radius 1 is 0.557 bits per heavy atom. The van der Waals surface area contributed by atoms with E-state index in [-0.39, 0.29) is 22.3 Å². The molecule has 1 aliphatic carbocycles. The van der Waals surface area contributed by atoms with Crippen molar-refractivity contribution in [3.8, 4) is 45.3 Å². The molecule has 0 bridgehead atoms. The van der Waals surface area contributed by atoms with Crippen molar-refractivity contribution in [2.75, 3.05) is 0 Å². The molecule has 1 aliphatic rings. The monoisotopic (exact) mass is 1100 g/mol. The van der Waals surface area contributed by atoms with Gasteiger partial charge in [0.25, 0.3) is 0 Å². The van der Waals surface area contributed by atoms with Gasteiger partial charge in [0.05, 0.1) is 0 Å². The molecule has 0 aliphatic heterocycles. The first-order valence-corrected chi connectivity index (χ1v) is 25.8. The molecule has 6 heteroatoms. The summed E-state index contributed by atoms with van der Waals surface area (Å²) in [4.78, 5) is 4.96. The molecule has 0 fully saturated rings. The summed E-state index contributed by atoms with van der Waals surface area (Å²) in [6.07, 6.45) is 4.99. The number of benzene rings is 7. The zero-order chi connectivity index (χ0) is 48.7. The Morgan fingerprint density at radius 3 is 1.81 bits per heavy atom. The minimum Gasteiger partial charge on any atom is -0.0608 e. The van der Waals surface area contributed by atoms with Gasteiger partial charge in [-0.1, -0.05) is 53.7 Å². The van der Waals surface area contributed by atoms with Gasteiger partial charge < -0.3 is 0 Å². The molecule has 10 aromatic rings. The fraction of sp³-hybridized carbons (Fsp3) is 0.250. The van der Waals surface area contributed by atoms with E-state index in [4.69, 9.17) is 9.72 Å². The Hall–Kier alpha value is -6.55. The summed E-state index contributed by atoms with van der Waals surface area (Å²) in [5.74, 6) is 2.19. The first kappa shape index (κ1) is 45.9. The Labute approximate surface area is 423 Å². The summed E-state index contributed by atoms with van der Waals surface area (Å²) < 4.78 is 15.4. The van der Waals surface area contributed by atoms with Gasteiger partial charge in [0.2, 0.25) is 0 Å². The van der Waals surface area contributed by atoms with E-state index in [0.29, 0.717) is 11.5 Å². The molecular formula is C64H60N4OPt-2. The topological polar surface area (TPSA) is 36.9 Å². The molecule has 5 nitrogen and oxygen atoms in total. The van der Waals surface area contributed by atoms with Crippen LogP contribution >= 0.6 is 0 Å². The van der Waals surface area contributed by atoms with Crippen LogP contribution < -0.4 is 4.74 Å². The number of imidazole rings is 1. The molecule has 3 aromatic heterocycles. The Kier molecular flexibility index (Phi) is 11.4. The minimum atomic E-state index is -0.0632. The van der Waals surface area contributed by atoms with Crippen LogP contribution in [0.25, 0.3) is 66.6 Å². The SMILES string of the molecule is CC(C)(C)c1ccnc(-n2c3[c-]c(Oc4[c-]c5c(cc4)CCCC5n4[c](=[Pt])n(-c5c(-c6ccccc6)cc(C(C)(C)C)cc5-c5ccccc5)c5ccccc54)ccc3c3cc(C(C)(C)C)ccc32)c1. The molecular weight excluding hydrogens is 1040 g/mol. The molecule has 11 rings (SSSR count).